The molecule has 0 fully saturated rings. The molecule has 11 heteroatoms. The lowest BCUT2D eigenvalue weighted by Crippen LogP contribution is -2.21. The molecule has 10 nitrogen and oxygen atoms in total. The van der Waals surface area contributed by atoms with E-state index in [1.807, 2.05) is 6.92 Å². The smallest absolute Gasteiger partial charge is 0.306 e. The Bertz CT molecular complexity index is 1040. The molecular formula is C22H23ClN2O8. The number of hydrogen-bond acceptors (Lipinski definition) is 8. The fraction of sp³-hybridized carbons (Fsp3) is 0.364. The number of rotatable bonds is 9. The molecule has 0 bridgehead atoms. The van der Waals surface area contributed by atoms with Gasteiger partial charge in [-0.05, 0) is 37.1 Å². The first-order valence-electron chi connectivity index (χ1n) is 10.3. The number of halogens is 1. The number of esters is 1. The third kappa shape index (κ3) is 6.98. The third-order valence-corrected chi connectivity index (χ3v) is 5.05. The number of anilines is 1. The van der Waals surface area contributed by atoms with Gasteiger partial charge in [0.1, 0.15) is 11.4 Å². The first kappa shape index (κ1) is 24.1. The van der Waals surface area contributed by atoms with Crippen molar-refractivity contribution in [2.24, 2.45) is 0 Å². The fourth-order valence-corrected chi connectivity index (χ4v) is 3.08. The molecule has 176 valence electrons. The largest absolute Gasteiger partial charge is 0.494 e. The normalized spacial score (nSPS) is 12.4. The molecule has 0 saturated heterocycles. The van der Waals surface area contributed by atoms with Gasteiger partial charge in [-0.25, -0.2) is 0 Å². The number of carbonyl (C=O) groups excluding carboxylic acids is 2. The number of nitro groups is 1. The standard InChI is InChI=1S/C22H23ClN2O8/c1-14-10-15(5-6-16(14)23)30-7-2-4-22(27)33-13-21(26)24-17-11-19-20(12-18(17)25(28)29)32-9-3-8-31-19/h5-6,10-12H,2-4,7-9,13H2,1H3,(H,24,26). The minimum Gasteiger partial charge on any atom is -0.494 e. The predicted molar refractivity (Wildman–Crippen MR) is 119 cm³/mol. The first-order chi connectivity index (χ1) is 15.8. The predicted octanol–water partition coefficient (Wildman–Crippen LogP) is 4.06. The zero-order valence-corrected chi connectivity index (χ0v) is 18.7. The maximum absolute atomic E-state index is 12.2. The zero-order valence-electron chi connectivity index (χ0n) is 17.9. The molecule has 0 saturated carbocycles. The van der Waals surface area contributed by atoms with Crippen molar-refractivity contribution in [1.82, 2.24) is 0 Å². The molecule has 0 aliphatic carbocycles. The number of carbonyl (C=O) groups is 2. The second-order valence-corrected chi connectivity index (χ2v) is 7.60. The molecule has 1 aliphatic rings. The van der Waals surface area contributed by atoms with Gasteiger partial charge in [0, 0.05) is 23.9 Å². The highest BCUT2D eigenvalue weighted by atomic mass is 35.5. The minimum atomic E-state index is -0.714. The van der Waals surface area contributed by atoms with E-state index in [0.29, 0.717) is 42.6 Å². The second kappa shape index (κ2) is 11.4. The van der Waals surface area contributed by atoms with Crippen molar-refractivity contribution in [3.63, 3.8) is 0 Å². The van der Waals surface area contributed by atoms with Crippen molar-refractivity contribution in [3.05, 3.63) is 51.0 Å². The molecule has 0 spiro atoms. The Balaban J connectivity index is 1.45. The Labute approximate surface area is 194 Å². The minimum absolute atomic E-state index is 0.0457. The quantitative estimate of drug-likeness (QED) is 0.247. The van der Waals surface area contributed by atoms with Crippen LogP contribution in [0.3, 0.4) is 0 Å². The number of amides is 1. The number of ether oxygens (including phenoxy) is 4. The monoisotopic (exact) mass is 478 g/mol. The number of fused-ring (bicyclic) bond motifs is 1. The number of nitro benzene ring substituents is 1. The molecule has 0 radical (unpaired) electrons. The molecule has 1 N–H and O–H groups in total. The summed E-state index contributed by atoms with van der Waals surface area (Å²) in [6.45, 7) is 2.32. The van der Waals surface area contributed by atoms with E-state index < -0.39 is 23.4 Å². The Morgan fingerprint density at radius 2 is 1.91 bits per heavy atom. The Morgan fingerprint density at radius 1 is 1.18 bits per heavy atom. The summed E-state index contributed by atoms with van der Waals surface area (Å²) in [7, 11) is 0. The van der Waals surface area contributed by atoms with Crippen molar-refractivity contribution in [2.75, 3.05) is 31.7 Å². The summed E-state index contributed by atoms with van der Waals surface area (Å²) >= 11 is 5.96. The van der Waals surface area contributed by atoms with Crippen LogP contribution >= 0.6 is 11.6 Å². The van der Waals surface area contributed by atoms with Gasteiger partial charge in [-0.1, -0.05) is 11.6 Å². The first-order valence-corrected chi connectivity index (χ1v) is 10.6. The van der Waals surface area contributed by atoms with E-state index in [0.717, 1.165) is 5.56 Å². The van der Waals surface area contributed by atoms with Crippen molar-refractivity contribution >= 4 is 34.9 Å². The van der Waals surface area contributed by atoms with Crippen molar-refractivity contribution < 1.29 is 33.5 Å². The molecule has 1 aliphatic heterocycles. The molecule has 3 rings (SSSR count). The Morgan fingerprint density at radius 3 is 2.61 bits per heavy atom. The lowest BCUT2D eigenvalue weighted by atomic mass is 10.2. The fourth-order valence-electron chi connectivity index (χ4n) is 2.97. The SMILES string of the molecule is Cc1cc(OCCCC(=O)OCC(=O)Nc2cc3c(cc2[N+](=O)[O-])OCCCO3)ccc1Cl. The van der Waals surface area contributed by atoms with Crippen LogP contribution in [0.5, 0.6) is 17.2 Å². The van der Waals surface area contributed by atoms with Crippen molar-refractivity contribution in [3.8, 4) is 17.2 Å². The molecule has 0 aromatic heterocycles. The molecule has 2 aromatic rings. The van der Waals surface area contributed by atoms with Crippen LogP contribution in [0, 0.1) is 17.0 Å². The van der Waals surface area contributed by atoms with Crippen LogP contribution in [0.2, 0.25) is 5.02 Å². The highest BCUT2D eigenvalue weighted by Crippen LogP contribution is 2.39. The van der Waals surface area contributed by atoms with E-state index in [4.69, 9.17) is 30.5 Å². The van der Waals surface area contributed by atoms with E-state index in [9.17, 15) is 19.7 Å². The summed E-state index contributed by atoms with van der Waals surface area (Å²) < 4.78 is 21.4. The Hall–Kier alpha value is -3.53. The van der Waals surface area contributed by atoms with Crippen LogP contribution in [-0.4, -0.2) is 43.2 Å². The van der Waals surface area contributed by atoms with Crippen LogP contribution in [0.15, 0.2) is 30.3 Å². The van der Waals surface area contributed by atoms with Gasteiger partial charge in [0.15, 0.2) is 18.1 Å². The van der Waals surface area contributed by atoms with E-state index in [1.54, 1.807) is 18.2 Å². The molecule has 1 amide bonds. The van der Waals surface area contributed by atoms with Crippen molar-refractivity contribution in [1.29, 1.82) is 0 Å². The summed E-state index contributed by atoms with van der Waals surface area (Å²) in [6, 6.07) is 7.78. The summed E-state index contributed by atoms with van der Waals surface area (Å²) in [5, 5.41) is 14.4. The van der Waals surface area contributed by atoms with Gasteiger partial charge in [-0.2, -0.15) is 0 Å². The molecule has 2 aromatic carbocycles. The summed E-state index contributed by atoms with van der Waals surface area (Å²) in [5.41, 5.74) is 0.457. The van der Waals surface area contributed by atoms with E-state index in [1.165, 1.54) is 12.1 Å². The average Bonchev–Trinajstić information content (AvgIpc) is 3.02. The lowest BCUT2D eigenvalue weighted by Gasteiger charge is -2.11. The number of benzene rings is 2. The van der Waals surface area contributed by atoms with Gasteiger partial charge in [-0.15, -0.1) is 0 Å². The van der Waals surface area contributed by atoms with Crippen molar-refractivity contribution in [2.45, 2.75) is 26.2 Å². The van der Waals surface area contributed by atoms with Crippen LogP contribution in [0.4, 0.5) is 11.4 Å². The molecule has 1 heterocycles. The number of aryl methyl sites for hydroxylation is 1. The van der Waals surface area contributed by atoms with Gasteiger partial charge in [0.2, 0.25) is 0 Å². The van der Waals surface area contributed by atoms with Crippen LogP contribution < -0.4 is 19.5 Å². The van der Waals surface area contributed by atoms with Gasteiger partial charge in [0.05, 0.1) is 30.8 Å². The third-order valence-electron chi connectivity index (χ3n) is 4.62. The van der Waals surface area contributed by atoms with E-state index in [-0.39, 0.29) is 30.2 Å². The van der Waals surface area contributed by atoms with Gasteiger partial charge < -0.3 is 24.3 Å². The van der Waals surface area contributed by atoms with E-state index in [2.05, 4.69) is 5.32 Å². The second-order valence-electron chi connectivity index (χ2n) is 7.20. The zero-order chi connectivity index (χ0) is 23.8. The van der Waals surface area contributed by atoms with Gasteiger partial charge in [0.25, 0.3) is 11.6 Å². The topological polar surface area (TPSA) is 126 Å². The molecular weight excluding hydrogens is 456 g/mol. The molecule has 33 heavy (non-hydrogen) atoms. The average molecular weight is 479 g/mol. The van der Waals surface area contributed by atoms with Crippen LogP contribution in [-0.2, 0) is 14.3 Å². The number of nitrogens with one attached hydrogen (secondary N) is 1. The number of nitrogens with zero attached hydrogens (tertiary/aromatic N) is 1. The maximum atomic E-state index is 12.2. The summed E-state index contributed by atoms with van der Waals surface area (Å²) in [6.07, 6.45) is 1.06. The van der Waals surface area contributed by atoms with Gasteiger partial charge >= 0.3 is 5.97 Å². The van der Waals surface area contributed by atoms with Crippen LogP contribution in [0.25, 0.3) is 0 Å². The van der Waals surface area contributed by atoms with Gasteiger partial charge in [-0.3, -0.25) is 19.7 Å². The summed E-state index contributed by atoms with van der Waals surface area (Å²) in [4.78, 5) is 34.8. The highest BCUT2D eigenvalue weighted by Gasteiger charge is 2.23. The lowest BCUT2D eigenvalue weighted by molar-refractivity contribution is -0.384. The number of hydrogen-bond donors (Lipinski definition) is 1. The highest BCUT2D eigenvalue weighted by molar-refractivity contribution is 6.31. The van der Waals surface area contributed by atoms with E-state index >= 15 is 0 Å². The molecule has 0 unspecified atom stereocenters. The summed E-state index contributed by atoms with van der Waals surface area (Å²) in [5.74, 6) is -0.134. The maximum Gasteiger partial charge on any atom is 0.306 e. The Kier molecular flexibility index (Phi) is 8.31. The van der Waals surface area contributed by atoms with Crippen LogP contribution in [0.1, 0.15) is 24.8 Å². The molecule has 0 atom stereocenters.